The number of anilines is 1. The Morgan fingerprint density at radius 3 is 2.67 bits per heavy atom. The molecule has 2 heterocycles. The molecule has 3 aromatic rings. The fourth-order valence-corrected chi connectivity index (χ4v) is 4.42. The van der Waals surface area contributed by atoms with E-state index in [-0.39, 0.29) is 0 Å². The van der Waals surface area contributed by atoms with Gasteiger partial charge in [0.15, 0.2) is 0 Å². The lowest BCUT2D eigenvalue weighted by Crippen LogP contribution is -2.44. The maximum atomic E-state index is 12.1. The summed E-state index contributed by atoms with van der Waals surface area (Å²) in [6.45, 7) is 5.77. The predicted octanol–water partition coefficient (Wildman–Crippen LogP) is 4.51. The largest absolute Gasteiger partial charge is 0.449 e. The number of carbonyl (C=O) groups excluding carboxylic acids is 1. The van der Waals surface area contributed by atoms with Crippen molar-refractivity contribution < 1.29 is 9.53 Å². The summed E-state index contributed by atoms with van der Waals surface area (Å²) in [5.74, 6) is 0.649. The number of piperazine rings is 1. The van der Waals surface area contributed by atoms with E-state index in [1.54, 1.807) is 11.8 Å². The van der Waals surface area contributed by atoms with Crippen molar-refractivity contribution in [3.8, 4) is 0 Å². The third-order valence-corrected chi connectivity index (χ3v) is 6.25. The number of hydrogen-bond acceptors (Lipinski definition) is 5. The summed E-state index contributed by atoms with van der Waals surface area (Å²) < 4.78 is 5.35. The highest BCUT2D eigenvalue weighted by Crippen LogP contribution is 2.30. The number of likely N-dealkylation sites (N-methyl/N-ethyl adjacent to an activating group) is 1. The number of nitrogens with one attached hydrogen (secondary N) is 2. The van der Waals surface area contributed by atoms with E-state index in [1.165, 1.54) is 4.90 Å². The molecule has 1 aromatic heterocycles. The first-order chi connectivity index (χ1) is 14.7. The monoisotopic (exact) mass is 424 g/mol. The lowest BCUT2D eigenvalue weighted by Gasteiger charge is -2.32. The van der Waals surface area contributed by atoms with Crippen LogP contribution in [0.4, 0.5) is 10.6 Å². The topological polar surface area (TPSA) is 60.6 Å². The molecule has 4 rings (SSSR count). The van der Waals surface area contributed by atoms with E-state index in [4.69, 9.17) is 4.74 Å². The van der Waals surface area contributed by atoms with Crippen LogP contribution in [0.25, 0.3) is 10.9 Å². The van der Waals surface area contributed by atoms with Gasteiger partial charge in [0.1, 0.15) is 5.82 Å². The van der Waals surface area contributed by atoms with Gasteiger partial charge in [0.2, 0.25) is 0 Å². The molecule has 1 amide bonds. The molecule has 0 bridgehead atoms. The number of fused-ring (bicyclic) bond motifs is 1. The first-order valence-corrected chi connectivity index (χ1v) is 11.2. The SMILES string of the molecule is CN1CCN(CCCOC(=O)Nc2cc3cc(Sc4ccccc4)ccc3[nH]2)CC1. The van der Waals surface area contributed by atoms with Gasteiger partial charge in [-0.25, -0.2) is 4.79 Å². The van der Waals surface area contributed by atoms with Gasteiger partial charge >= 0.3 is 6.09 Å². The maximum Gasteiger partial charge on any atom is 0.412 e. The van der Waals surface area contributed by atoms with Gasteiger partial charge in [0.25, 0.3) is 0 Å². The molecule has 7 heteroatoms. The Morgan fingerprint density at radius 2 is 1.87 bits per heavy atom. The number of ether oxygens (including phenoxy) is 1. The quantitative estimate of drug-likeness (QED) is 0.547. The molecule has 0 saturated carbocycles. The van der Waals surface area contributed by atoms with E-state index < -0.39 is 6.09 Å². The van der Waals surface area contributed by atoms with Crippen LogP contribution in [-0.2, 0) is 4.74 Å². The Bertz CT molecular complexity index is 968. The Morgan fingerprint density at radius 1 is 1.07 bits per heavy atom. The molecule has 2 aromatic carbocycles. The van der Waals surface area contributed by atoms with Crippen LogP contribution in [0.15, 0.2) is 64.4 Å². The molecule has 1 fully saturated rings. The van der Waals surface area contributed by atoms with Crippen LogP contribution < -0.4 is 5.32 Å². The predicted molar refractivity (Wildman–Crippen MR) is 122 cm³/mol. The minimum atomic E-state index is -0.418. The number of hydrogen-bond donors (Lipinski definition) is 2. The number of carbonyl (C=O) groups is 1. The number of aromatic nitrogens is 1. The van der Waals surface area contributed by atoms with Gasteiger partial charge in [0, 0.05) is 53.4 Å². The van der Waals surface area contributed by atoms with Gasteiger partial charge in [-0.1, -0.05) is 30.0 Å². The average Bonchev–Trinajstić information content (AvgIpc) is 3.14. The molecule has 0 radical (unpaired) electrons. The number of aromatic amines is 1. The highest BCUT2D eigenvalue weighted by atomic mass is 32.2. The summed E-state index contributed by atoms with van der Waals surface area (Å²) in [5, 5.41) is 3.86. The minimum absolute atomic E-state index is 0.418. The number of amides is 1. The van der Waals surface area contributed by atoms with Crippen LogP contribution in [0, 0.1) is 0 Å². The van der Waals surface area contributed by atoms with Gasteiger partial charge in [-0.15, -0.1) is 0 Å². The van der Waals surface area contributed by atoms with E-state index in [1.807, 2.05) is 30.3 Å². The molecule has 30 heavy (non-hydrogen) atoms. The van der Waals surface area contributed by atoms with Crippen LogP contribution >= 0.6 is 11.8 Å². The summed E-state index contributed by atoms with van der Waals surface area (Å²) in [7, 11) is 2.15. The van der Waals surface area contributed by atoms with E-state index in [9.17, 15) is 4.79 Å². The van der Waals surface area contributed by atoms with Gasteiger partial charge in [-0.2, -0.15) is 0 Å². The first-order valence-electron chi connectivity index (χ1n) is 10.4. The van der Waals surface area contributed by atoms with Gasteiger partial charge in [0.05, 0.1) is 6.61 Å². The van der Waals surface area contributed by atoms with Crippen LogP contribution in [0.2, 0.25) is 0 Å². The molecule has 0 unspecified atom stereocenters. The summed E-state index contributed by atoms with van der Waals surface area (Å²) in [4.78, 5) is 22.5. The lowest BCUT2D eigenvalue weighted by molar-refractivity contribution is 0.130. The Balaban J connectivity index is 1.24. The van der Waals surface area contributed by atoms with Crippen molar-refractivity contribution in [2.45, 2.75) is 16.2 Å². The Labute approximate surface area is 181 Å². The standard InChI is InChI=1S/C23H28N4O2S/c1-26-11-13-27(14-12-26)10-5-15-29-23(28)25-22-17-18-16-20(8-9-21(18)24-22)30-19-6-3-2-4-7-19/h2-4,6-9,16-17,24H,5,10-15H2,1H3,(H,25,28). The molecule has 1 saturated heterocycles. The van der Waals surface area contributed by atoms with Crippen LogP contribution in [0.3, 0.4) is 0 Å². The van der Waals surface area contributed by atoms with Gasteiger partial charge in [-0.05, 0) is 49.9 Å². The minimum Gasteiger partial charge on any atom is -0.449 e. The van der Waals surface area contributed by atoms with Crippen molar-refractivity contribution in [3.63, 3.8) is 0 Å². The summed E-state index contributed by atoms with van der Waals surface area (Å²) >= 11 is 1.72. The van der Waals surface area contributed by atoms with Crippen molar-refractivity contribution in [3.05, 3.63) is 54.6 Å². The smallest absolute Gasteiger partial charge is 0.412 e. The van der Waals surface area contributed by atoms with E-state index in [2.05, 4.69) is 51.4 Å². The molecule has 0 atom stereocenters. The van der Waals surface area contributed by atoms with Crippen LogP contribution in [-0.4, -0.2) is 67.3 Å². The van der Waals surface area contributed by atoms with Crippen LogP contribution in [0.1, 0.15) is 6.42 Å². The number of nitrogens with zero attached hydrogens (tertiary/aromatic N) is 2. The molecule has 0 aliphatic carbocycles. The third-order valence-electron chi connectivity index (χ3n) is 5.26. The van der Waals surface area contributed by atoms with Crippen molar-refractivity contribution in [2.24, 2.45) is 0 Å². The zero-order chi connectivity index (χ0) is 20.8. The molecule has 0 spiro atoms. The van der Waals surface area contributed by atoms with Crippen molar-refractivity contribution in [1.29, 1.82) is 0 Å². The van der Waals surface area contributed by atoms with Crippen molar-refractivity contribution in [2.75, 3.05) is 51.7 Å². The second kappa shape index (κ2) is 10.0. The highest BCUT2D eigenvalue weighted by Gasteiger charge is 2.13. The third kappa shape index (κ3) is 5.78. The molecule has 1 aliphatic heterocycles. The molecular formula is C23H28N4O2S. The molecular weight excluding hydrogens is 396 g/mol. The second-order valence-electron chi connectivity index (χ2n) is 7.61. The zero-order valence-electron chi connectivity index (χ0n) is 17.3. The molecule has 2 N–H and O–H groups in total. The normalized spacial score (nSPS) is 15.4. The Hall–Kier alpha value is -2.48. The number of H-pyrrole nitrogens is 1. The zero-order valence-corrected chi connectivity index (χ0v) is 18.1. The summed E-state index contributed by atoms with van der Waals surface area (Å²) in [6, 6.07) is 18.5. The van der Waals surface area contributed by atoms with Gasteiger partial charge in [-0.3, -0.25) is 5.32 Å². The summed E-state index contributed by atoms with van der Waals surface area (Å²) in [6.07, 6.45) is 0.433. The number of rotatable bonds is 7. The number of benzene rings is 2. The van der Waals surface area contributed by atoms with E-state index >= 15 is 0 Å². The van der Waals surface area contributed by atoms with E-state index in [0.717, 1.165) is 54.9 Å². The lowest BCUT2D eigenvalue weighted by atomic mass is 10.2. The fourth-order valence-electron chi connectivity index (χ4n) is 3.54. The van der Waals surface area contributed by atoms with Crippen molar-refractivity contribution >= 4 is 34.6 Å². The molecule has 1 aliphatic rings. The average molecular weight is 425 g/mol. The fraction of sp³-hybridized carbons (Fsp3) is 0.348. The first kappa shape index (κ1) is 20.8. The van der Waals surface area contributed by atoms with Crippen LogP contribution in [0.5, 0.6) is 0 Å². The maximum absolute atomic E-state index is 12.1. The Kier molecular flexibility index (Phi) is 6.94. The van der Waals surface area contributed by atoms with Gasteiger partial charge < -0.3 is 19.5 Å². The molecule has 6 nitrogen and oxygen atoms in total. The molecule has 158 valence electrons. The van der Waals surface area contributed by atoms with Crippen molar-refractivity contribution in [1.82, 2.24) is 14.8 Å². The van der Waals surface area contributed by atoms with E-state index in [0.29, 0.717) is 12.4 Å². The highest BCUT2D eigenvalue weighted by molar-refractivity contribution is 7.99. The second-order valence-corrected chi connectivity index (χ2v) is 8.75. The summed E-state index contributed by atoms with van der Waals surface area (Å²) in [5.41, 5.74) is 0.984.